The Morgan fingerprint density at radius 3 is 2.45 bits per heavy atom. The minimum atomic E-state index is -3.50. The normalized spacial score (nSPS) is 19.1. The Balaban J connectivity index is 1.70. The molecule has 1 aliphatic rings. The van der Waals surface area contributed by atoms with Crippen molar-refractivity contribution in [2.45, 2.75) is 61.6 Å². The summed E-state index contributed by atoms with van der Waals surface area (Å²) >= 11 is 0. The highest BCUT2D eigenvalue weighted by atomic mass is 32.2. The molecule has 2 N–H and O–H groups in total. The first-order chi connectivity index (χ1) is 14.4. The zero-order valence-electron chi connectivity index (χ0n) is 17.4. The van der Waals surface area contributed by atoms with Crippen molar-refractivity contribution >= 4 is 32.2 Å². The quantitative estimate of drug-likeness (QED) is 0.614. The number of hydrogen-bond donors (Lipinski definition) is 2. The van der Waals surface area contributed by atoms with Gasteiger partial charge in [0.2, 0.25) is 5.92 Å². The molecule has 0 saturated heterocycles. The number of anilines is 2. The Morgan fingerprint density at radius 1 is 1.19 bits per heavy atom. The smallest absolute Gasteiger partial charge is 0.261 e. The van der Waals surface area contributed by atoms with Gasteiger partial charge in [0.05, 0.1) is 21.2 Å². The molecule has 0 amide bonds. The van der Waals surface area contributed by atoms with Crippen LogP contribution < -0.4 is 10.9 Å². The second kappa shape index (κ2) is 7.15. The average molecular weight is 451 g/mol. The molecule has 2 heterocycles. The zero-order valence-corrected chi connectivity index (χ0v) is 18.3. The number of nitrogens with one attached hydrogen (secondary N) is 2. The number of sulfone groups is 1. The summed E-state index contributed by atoms with van der Waals surface area (Å²) in [6, 6.07) is 7.29. The van der Waals surface area contributed by atoms with Crippen LogP contribution in [-0.4, -0.2) is 33.9 Å². The number of aromatic nitrogens is 3. The molecule has 2 aromatic heterocycles. The van der Waals surface area contributed by atoms with Crippen LogP contribution in [0.4, 0.5) is 20.3 Å². The van der Waals surface area contributed by atoms with Gasteiger partial charge in [0.15, 0.2) is 15.7 Å². The third-order valence-corrected chi connectivity index (χ3v) is 8.09. The first-order valence-corrected chi connectivity index (χ1v) is 11.5. The maximum Gasteiger partial charge on any atom is 0.261 e. The Labute approximate surface area is 178 Å². The van der Waals surface area contributed by atoms with Gasteiger partial charge in [-0.05, 0) is 57.5 Å². The largest absolute Gasteiger partial charge is 0.338 e. The van der Waals surface area contributed by atoms with Crippen LogP contribution in [0.3, 0.4) is 0 Å². The Morgan fingerprint density at radius 2 is 1.87 bits per heavy atom. The van der Waals surface area contributed by atoms with E-state index < -0.39 is 26.5 Å². The van der Waals surface area contributed by atoms with Gasteiger partial charge < -0.3 is 10.3 Å². The number of benzene rings is 1. The number of hydrogen-bond acceptors (Lipinski definition) is 5. The molecule has 3 aromatic rings. The number of fused-ring (bicyclic) bond motifs is 1. The number of nitrogens with zero attached hydrogens (tertiary/aromatic N) is 2. The van der Waals surface area contributed by atoms with Gasteiger partial charge in [0, 0.05) is 24.7 Å². The third-order valence-electron chi connectivity index (χ3n) is 5.59. The van der Waals surface area contributed by atoms with Gasteiger partial charge in [-0.25, -0.2) is 17.2 Å². The number of rotatable bonds is 4. The first-order valence-electron chi connectivity index (χ1n) is 9.98. The van der Waals surface area contributed by atoms with Gasteiger partial charge >= 0.3 is 0 Å². The van der Waals surface area contributed by atoms with Crippen LogP contribution in [0.2, 0.25) is 0 Å². The van der Waals surface area contributed by atoms with Crippen LogP contribution in [0, 0.1) is 0 Å². The lowest BCUT2D eigenvalue weighted by Crippen LogP contribution is -2.27. The van der Waals surface area contributed by atoms with Crippen molar-refractivity contribution in [3.05, 3.63) is 46.9 Å². The minimum absolute atomic E-state index is 0.187. The second-order valence-electron chi connectivity index (χ2n) is 8.88. The van der Waals surface area contributed by atoms with E-state index in [1.54, 1.807) is 39.0 Å². The summed E-state index contributed by atoms with van der Waals surface area (Å²) in [7, 11) is -3.50. The van der Waals surface area contributed by atoms with Crippen LogP contribution >= 0.6 is 0 Å². The first kappa shape index (κ1) is 21.5. The molecule has 1 saturated carbocycles. The fourth-order valence-electron chi connectivity index (χ4n) is 3.81. The summed E-state index contributed by atoms with van der Waals surface area (Å²) in [5.74, 6) is -2.51. The highest BCUT2D eigenvalue weighted by Crippen LogP contribution is 2.42. The van der Waals surface area contributed by atoms with Gasteiger partial charge in [-0.3, -0.25) is 9.48 Å². The molecule has 0 spiro atoms. The van der Waals surface area contributed by atoms with E-state index in [-0.39, 0.29) is 40.9 Å². The van der Waals surface area contributed by atoms with E-state index in [0.29, 0.717) is 11.2 Å². The molecule has 4 rings (SSSR count). The van der Waals surface area contributed by atoms with Crippen molar-refractivity contribution < 1.29 is 17.2 Å². The zero-order chi connectivity index (χ0) is 22.6. The standard InChI is InChI=1S/C21H24F2N4O3S/c1-20(2,3)31(29,30)15-6-4-13(5-7-15)25-18-17-16(9-11-24-19(17)28)27(26-18)14-8-10-21(22,23)12-14/h4-7,9,11,14H,8,10,12H2,1-3H3,(H,24,28)(H,25,26). The van der Waals surface area contributed by atoms with Gasteiger partial charge in [-0.1, -0.05) is 0 Å². The summed E-state index contributed by atoms with van der Waals surface area (Å²) in [6.45, 7) is 4.89. The maximum atomic E-state index is 13.8. The van der Waals surface area contributed by atoms with Crippen molar-refractivity contribution in [2.24, 2.45) is 0 Å². The Kier molecular flexibility index (Phi) is 4.95. The van der Waals surface area contributed by atoms with Crippen LogP contribution in [0.25, 0.3) is 10.9 Å². The SMILES string of the molecule is CC(C)(C)S(=O)(=O)c1ccc(Nc2nn(C3CCC(F)(F)C3)c3cc[nH]c(=O)c23)cc1. The van der Waals surface area contributed by atoms with Crippen molar-refractivity contribution in [1.82, 2.24) is 14.8 Å². The number of H-pyrrole nitrogens is 1. The predicted molar refractivity (Wildman–Crippen MR) is 115 cm³/mol. The van der Waals surface area contributed by atoms with E-state index >= 15 is 0 Å². The van der Waals surface area contributed by atoms with Crippen LogP contribution in [0.5, 0.6) is 0 Å². The number of pyridine rings is 1. The highest BCUT2D eigenvalue weighted by Gasteiger charge is 2.41. The molecule has 7 nitrogen and oxygen atoms in total. The second-order valence-corrected chi connectivity index (χ2v) is 11.6. The fourth-order valence-corrected chi connectivity index (χ4v) is 5.01. The summed E-state index contributed by atoms with van der Waals surface area (Å²) < 4.78 is 53.3. The van der Waals surface area contributed by atoms with E-state index in [1.165, 1.54) is 23.0 Å². The monoisotopic (exact) mass is 450 g/mol. The van der Waals surface area contributed by atoms with Crippen molar-refractivity contribution in [3.8, 4) is 0 Å². The molecule has 1 unspecified atom stereocenters. The fraction of sp³-hybridized carbons (Fsp3) is 0.429. The molecular formula is C21H24F2N4O3S. The number of aromatic amines is 1. The van der Waals surface area contributed by atoms with Gasteiger partial charge in [-0.15, -0.1) is 0 Å². The lowest BCUT2D eigenvalue weighted by molar-refractivity contribution is 0.00536. The van der Waals surface area contributed by atoms with E-state index in [1.807, 2.05) is 0 Å². The lowest BCUT2D eigenvalue weighted by atomic mass is 10.2. The van der Waals surface area contributed by atoms with Crippen LogP contribution in [-0.2, 0) is 9.84 Å². The highest BCUT2D eigenvalue weighted by molar-refractivity contribution is 7.92. The molecule has 10 heteroatoms. The summed E-state index contributed by atoms with van der Waals surface area (Å²) in [4.78, 5) is 15.2. The molecular weight excluding hydrogens is 426 g/mol. The number of alkyl halides is 2. The van der Waals surface area contributed by atoms with Crippen molar-refractivity contribution in [3.63, 3.8) is 0 Å². The average Bonchev–Trinajstić information content (AvgIpc) is 3.22. The molecule has 1 atom stereocenters. The van der Waals surface area contributed by atoms with Crippen LogP contribution in [0.15, 0.2) is 46.2 Å². The van der Waals surface area contributed by atoms with E-state index in [9.17, 15) is 22.0 Å². The van der Waals surface area contributed by atoms with Gasteiger partial charge in [0.25, 0.3) is 5.56 Å². The van der Waals surface area contributed by atoms with E-state index in [0.717, 1.165) is 0 Å². The van der Waals surface area contributed by atoms with Crippen molar-refractivity contribution in [1.29, 1.82) is 0 Å². The van der Waals surface area contributed by atoms with Crippen molar-refractivity contribution in [2.75, 3.05) is 5.32 Å². The summed E-state index contributed by atoms with van der Waals surface area (Å²) in [5.41, 5.74) is 0.614. The molecule has 0 bridgehead atoms. The molecule has 0 radical (unpaired) electrons. The van der Waals surface area contributed by atoms with Gasteiger partial charge in [-0.2, -0.15) is 5.10 Å². The van der Waals surface area contributed by atoms with Crippen LogP contribution in [0.1, 0.15) is 46.1 Å². The Hall–Kier alpha value is -2.75. The van der Waals surface area contributed by atoms with E-state index in [4.69, 9.17) is 0 Å². The Bertz CT molecular complexity index is 1290. The summed E-state index contributed by atoms with van der Waals surface area (Å²) in [6.07, 6.45) is 1.20. The van der Waals surface area contributed by atoms with Gasteiger partial charge in [0.1, 0.15) is 5.39 Å². The summed E-state index contributed by atoms with van der Waals surface area (Å²) in [5, 5.41) is 7.74. The maximum absolute atomic E-state index is 13.8. The molecule has 0 aliphatic heterocycles. The number of halogens is 2. The molecule has 1 aromatic carbocycles. The topological polar surface area (TPSA) is 96.8 Å². The van der Waals surface area contributed by atoms with E-state index in [2.05, 4.69) is 15.4 Å². The molecule has 1 aliphatic carbocycles. The third kappa shape index (κ3) is 3.84. The molecule has 1 fully saturated rings. The predicted octanol–water partition coefficient (Wildman–Crippen LogP) is 4.40. The molecule has 166 valence electrons. The minimum Gasteiger partial charge on any atom is -0.338 e. The lowest BCUT2D eigenvalue weighted by Gasteiger charge is -2.19. The molecule has 31 heavy (non-hydrogen) atoms.